The van der Waals surface area contributed by atoms with E-state index in [1.54, 1.807) is 0 Å². The topological polar surface area (TPSA) is 15.3 Å². The van der Waals surface area contributed by atoms with E-state index in [2.05, 4.69) is 36.9 Å². The Morgan fingerprint density at radius 1 is 1.40 bits per heavy atom. The van der Waals surface area contributed by atoms with Crippen LogP contribution in [0.15, 0.2) is 0 Å². The summed E-state index contributed by atoms with van der Waals surface area (Å²) in [5.74, 6) is 2.92. The fourth-order valence-corrected chi connectivity index (χ4v) is 2.50. The Morgan fingerprint density at radius 3 is 2.40 bits per heavy atom. The van der Waals surface area contributed by atoms with Gasteiger partial charge in [-0.1, -0.05) is 19.8 Å². The van der Waals surface area contributed by atoms with E-state index in [0.717, 1.165) is 13.0 Å². The minimum absolute atomic E-state index is 0.126. The molecule has 0 aromatic heterocycles. The van der Waals surface area contributed by atoms with Gasteiger partial charge < -0.3 is 5.32 Å². The van der Waals surface area contributed by atoms with Gasteiger partial charge in [0.05, 0.1) is 6.04 Å². The van der Waals surface area contributed by atoms with Gasteiger partial charge in [-0.3, -0.25) is 4.90 Å². The average molecular weight is 208 g/mol. The van der Waals surface area contributed by atoms with E-state index >= 15 is 0 Å². The first-order valence-corrected chi connectivity index (χ1v) is 6.13. The normalized spacial score (nSPS) is 23.3. The van der Waals surface area contributed by atoms with Gasteiger partial charge in [-0.15, -0.1) is 6.42 Å². The smallest absolute Gasteiger partial charge is 0.0870 e. The second-order valence-corrected chi connectivity index (χ2v) is 4.56. The first kappa shape index (κ1) is 12.5. The minimum atomic E-state index is 0.126. The maximum atomic E-state index is 5.65. The summed E-state index contributed by atoms with van der Waals surface area (Å²) in [6.07, 6.45) is 9.39. The molecule has 1 heterocycles. The third kappa shape index (κ3) is 2.53. The summed E-state index contributed by atoms with van der Waals surface area (Å²) >= 11 is 0. The summed E-state index contributed by atoms with van der Waals surface area (Å²) in [5.41, 5.74) is 0.126. The molecule has 15 heavy (non-hydrogen) atoms. The van der Waals surface area contributed by atoms with Crippen molar-refractivity contribution in [3.8, 4) is 12.3 Å². The third-order valence-electron chi connectivity index (χ3n) is 3.74. The molecule has 1 fully saturated rings. The van der Waals surface area contributed by atoms with Gasteiger partial charge in [0, 0.05) is 5.54 Å². The highest BCUT2D eigenvalue weighted by Gasteiger charge is 2.38. The van der Waals surface area contributed by atoms with Crippen LogP contribution in [-0.2, 0) is 0 Å². The maximum Gasteiger partial charge on any atom is 0.0870 e. The van der Waals surface area contributed by atoms with Gasteiger partial charge in [-0.25, -0.2) is 0 Å². The number of rotatable bonds is 5. The first-order valence-electron chi connectivity index (χ1n) is 6.13. The molecular weight excluding hydrogens is 184 g/mol. The Labute approximate surface area is 94.4 Å². The Morgan fingerprint density at radius 2 is 2.00 bits per heavy atom. The fraction of sp³-hybridized carbons (Fsp3) is 0.846. The lowest BCUT2D eigenvalue weighted by Crippen LogP contribution is -2.57. The number of nitrogens with zero attached hydrogens (tertiary/aromatic N) is 1. The molecule has 0 aromatic rings. The van der Waals surface area contributed by atoms with Crippen LogP contribution in [0.4, 0.5) is 0 Å². The number of terminal acetylenes is 1. The van der Waals surface area contributed by atoms with Gasteiger partial charge in [0.25, 0.3) is 0 Å². The van der Waals surface area contributed by atoms with Crippen LogP contribution < -0.4 is 5.32 Å². The number of likely N-dealkylation sites (tertiary alicyclic amines) is 1. The molecule has 0 amide bonds. The molecule has 2 atom stereocenters. The summed E-state index contributed by atoms with van der Waals surface area (Å²) in [4.78, 5) is 2.56. The number of likely N-dealkylation sites (N-methyl/N-ethyl adjacent to an activating group) is 1. The molecular formula is C13H24N2. The van der Waals surface area contributed by atoms with Crippen LogP contribution in [-0.4, -0.2) is 36.1 Å². The van der Waals surface area contributed by atoms with Crippen LogP contribution in [0.3, 0.4) is 0 Å². The molecule has 2 heteroatoms. The van der Waals surface area contributed by atoms with Crippen molar-refractivity contribution in [2.75, 3.05) is 19.6 Å². The van der Waals surface area contributed by atoms with E-state index in [4.69, 9.17) is 6.42 Å². The second kappa shape index (κ2) is 5.53. The van der Waals surface area contributed by atoms with Crippen LogP contribution in [0.5, 0.6) is 0 Å². The molecule has 0 saturated carbocycles. The van der Waals surface area contributed by atoms with Crippen LogP contribution in [0.1, 0.15) is 40.0 Å². The van der Waals surface area contributed by atoms with Gasteiger partial charge in [0.15, 0.2) is 0 Å². The van der Waals surface area contributed by atoms with Crippen LogP contribution in [0.2, 0.25) is 0 Å². The summed E-state index contributed by atoms with van der Waals surface area (Å²) in [6.45, 7) is 10.00. The van der Waals surface area contributed by atoms with Crippen molar-refractivity contribution in [1.82, 2.24) is 10.2 Å². The molecule has 0 aliphatic carbocycles. The Kier molecular flexibility index (Phi) is 4.63. The van der Waals surface area contributed by atoms with Crippen molar-refractivity contribution in [3.63, 3.8) is 0 Å². The standard InChI is InChI=1S/C13H24N2/c1-5-12(14-7-3)13(4,6-2)15-10-8-9-11-15/h1,12,14H,6-11H2,2-4H3. The Hall–Kier alpha value is -0.520. The third-order valence-corrected chi connectivity index (χ3v) is 3.74. The Bertz CT molecular complexity index is 225. The van der Waals surface area contributed by atoms with E-state index in [1.165, 1.54) is 25.9 Å². The van der Waals surface area contributed by atoms with Crippen molar-refractivity contribution in [2.24, 2.45) is 0 Å². The molecule has 1 aliphatic heterocycles. The molecule has 86 valence electrons. The zero-order valence-corrected chi connectivity index (χ0v) is 10.3. The van der Waals surface area contributed by atoms with Crippen molar-refractivity contribution < 1.29 is 0 Å². The monoisotopic (exact) mass is 208 g/mol. The predicted octanol–water partition coefficient (Wildman–Crippen LogP) is 1.86. The van der Waals surface area contributed by atoms with Crippen molar-refractivity contribution in [2.45, 2.75) is 51.6 Å². The van der Waals surface area contributed by atoms with E-state index in [0.29, 0.717) is 0 Å². The van der Waals surface area contributed by atoms with Crippen LogP contribution in [0, 0.1) is 12.3 Å². The lowest BCUT2D eigenvalue weighted by molar-refractivity contribution is 0.106. The highest BCUT2D eigenvalue weighted by Crippen LogP contribution is 2.27. The molecule has 2 unspecified atom stereocenters. The number of nitrogens with one attached hydrogen (secondary N) is 1. The minimum Gasteiger partial charge on any atom is -0.302 e. The highest BCUT2D eigenvalue weighted by atomic mass is 15.2. The van der Waals surface area contributed by atoms with E-state index < -0.39 is 0 Å². The van der Waals surface area contributed by atoms with Gasteiger partial charge in [0.2, 0.25) is 0 Å². The zero-order valence-electron chi connectivity index (χ0n) is 10.3. The summed E-state index contributed by atoms with van der Waals surface area (Å²) < 4.78 is 0. The van der Waals surface area contributed by atoms with Crippen molar-refractivity contribution >= 4 is 0 Å². The molecule has 1 aliphatic rings. The van der Waals surface area contributed by atoms with Gasteiger partial charge in [-0.2, -0.15) is 0 Å². The summed E-state index contributed by atoms with van der Waals surface area (Å²) in [7, 11) is 0. The molecule has 2 nitrogen and oxygen atoms in total. The number of hydrogen-bond acceptors (Lipinski definition) is 2. The van der Waals surface area contributed by atoms with E-state index in [-0.39, 0.29) is 11.6 Å². The van der Waals surface area contributed by atoms with Crippen molar-refractivity contribution in [3.05, 3.63) is 0 Å². The molecule has 0 radical (unpaired) electrons. The largest absolute Gasteiger partial charge is 0.302 e. The van der Waals surface area contributed by atoms with Gasteiger partial charge in [-0.05, 0) is 45.8 Å². The Balaban J connectivity index is 2.76. The van der Waals surface area contributed by atoms with Crippen molar-refractivity contribution in [1.29, 1.82) is 0 Å². The lowest BCUT2D eigenvalue weighted by atomic mass is 9.87. The summed E-state index contributed by atoms with van der Waals surface area (Å²) in [5, 5.41) is 3.42. The fourth-order valence-electron chi connectivity index (χ4n) is 2.50. The predicted molar refractivity (Wildman–Crippen MR) is 65.8 cm³/mol. The van der Waals surface area contributed by atoms with Gasteiger partial charge in [0.1, 0.15) is 0 Å². The SMILES string of the molecule is C#CC(NCC)C(C)(CC)N1CCCC1. The molecule has 0 aromatic carbocycles. The van der Waals surface area contributed by atoms with Crippen LogP contribution >= 0.6 is 0 Å². The quantitative estimate of drug-likeness (QED) is 0.694. The molecule has 1 N–H and O–H groups in total. The summed E-state index contributed by atoms with van der Waals surface area (Å²) in [6, 6.07) is 0.172. The van der Waals surface area contributed by atoms with E-state index in [1.807, 2.05) is 0 Å². The maximum absolute atomic E-state index is 5.65. The zero-order chi connectivity index (χ0) is 11.3. The van der Waals surface area contributed by atoms with E-state index in [9.17, 15) is 0 Å². The molecule has 0 spiro atoms. The lowest BCUT2D eigenvalue weighted by Gasteiger charge is -2.42. The molecule has 0 bridgehead atoms. The van der Waals surface area contributed by atoms with Gasteiger partial charge >= 0.3 is 0 Å². The van der Waals surface area contributed by atoms with Crippen LogP contribution in [0.25, 0.3) is 0 Å². The first-order chi connectivity index (χ1) is 7.19. The molecule has 1 saturated heterocycles. The second-order valence-electron chi connectivity index (χ2n) is 4.56. The molecule has 1 rings (SSSR count). The average Bonchev–Trinajstić information content (AvgIpc) is 2.78. The highest BCUT2D eigenvalue weighted by molar-refractivity contribution is 5.12. The number of hydrogen-bond donors (Lipinski definition) is 1.